The number of carbonyl (C=O) groups is 1. The summed E-state index contributed by atoms with van der Waals surface area (Å²) >= 11 is 5.54. The summed E-state index contributed by atoms with van der Waals surface area (Å²) in [7, 11) is 3.89. The van der Waals surface area contributed by atoms with E-state index in [0.717, 1.165) is 15.2 Å². The number of nitriles is 1. The van der Waals surface area contributed by atoms with Crippen LogP contribution in [0.5, 0.6) is 0 Å². The smallest absolute Gasteiger partial charge is 0.350 e. The molecule has 12 heteroatoms. The van der Waals surface area contributed by atoms with Crippen molar-refractivity contribution in [1.29, 1.82) is 5.26 Å². The predicted octanol–water partition coefficient (Wildman–Crippen LogP) is 1.70. The predicted molar refractivity (Wildman–Crippen MR) is 100.0 cm³/mol. The number of aromatic nitrogens is 2. The van der Waals surface area contributed by atoms with Crippen molar-refractivity contribution in [1.82, 2.24) is 9.13 Å². The van der Waals surface area contributed by atoms with Gasteiger partial charge in [0, 0.05) is 26.8 Å². The van der Waals surface area contributed by atoms with Crippen molar-refractivity contribution in [3.8, 4) is 6.07 Å². The number of carbonyl (C=O) groups excluding carboxylic acids is 1. The number of alkyl halides is 3. The molecular formula is C17H15ClF3N5O3. The molecule has 0 radical (unpaired) electrons. The van der Waals surface area contributed by atoms with Crippen LogP contribution in [0, 0.1) is 11.3 Å². The highest BCUT2D eigenvalue weighted by Crippen LogP contribution is 2.36. The number of hydrogen-bond acceptors (Lipinski definition) is 5. The van der Waals surface area contributed by atoms with Gasteiger partial charge in [0.15, 0.2) is 5.56 Å². The van der Waals surface area contributed by atoms with E-state index in [0.29, 0.717) is 6.07 Å². The molecular weight excluding hydrogens is 415 g/mol. The highest BCUT2D eigenvalue weighted by atomic mass is 35.5. The van der Waals surface area contributed by atoms with Crippen LogP contribution in [0.25, 0.3) is 0 Å². The maximum Gasteiger partial charge on any atom is 0.417 e. The van der Waals surface area contributed by atoms with E-state index in [2.05, 4.69) is 5.32 Å². The minimum absolute atomic E-state index is 0.0946. The first kappa shape index (κ1) is 22.0. The summed E-state index contributed by atoms with van der Waals surface area (Å²) in [5, 5.41) is 11.0. The molecule has 0 bridgehead atoms. The van der Waals surface area contributed by atoms with Crippen LogP contribution < -0.4 is 21.5 Å². The topological polar surface area (TPSA) is 100 Å². The van der Waals surface area contributed by atoms with E-state index >= 15 is 0 Å². The Labute approximate surface area is 167 Å². The zero-order valence-electron chi connectivity index (χ0n) is 15.5. The number of hydrogen-bond donors (Lipinski definition) is 1. The van der Waals surface area contributed by atoms with Crippen molar-refractivity contribution in [3.63, 3.8) is 0 Å². The highest BCUT2D eigenvalue weighted by Gasteiger charge is 2.33. The van der Waals surface area contributed by atoms with Crippen LogP contribution in [0.3, 0.4) is 0 Å². The number of likely N-dealkylation sites (N-methyl/N-ethyl adjacent to an activating group) is 1. The first-order valence-electron chi connectivity index (χ1n) is 7.96. The number of halogens is 4. The molecule has 8 nitrogen and oxygen atoms in total. The van der Waals surface area contributed by atoms with Gasteiger partial charge in [-0.2, -0.15) is 18.4 Å². The van der Waals surface area contributed by atoms with E-state index in [4.69, 9.17) is 11.6 Å². The molecule has 1 N–H and O–H groups in total. The molecule has 0 aliphatic carbocycles. The second-order valence-electron chi connectivity index (χ2n) is 6.11. The molecule has 1 aromatic heterocycles. The zero-order valence-corrected chi connectivity index (χ0v) is 16.2. The van der Waals surface area contributed by atoms with Crippen LogP contribution in [-0.4, -0.2) is 28.6 Å². The summed E-state index contributed by atoms with van der Waals surface area (Å²) in [6.07, 6.45) is -4.70. The van der Waals surface area contributed by atoms with Gasteiger partial charge in [0.2, 0.25) is 5.91 Å². The van der Waals surface area contributed by atoms with Crippen molar-refractivity contribution < 1.29 is 18.0 Å². The molecule has 0 saturated heterocycles. The van der Waals surface area contributed by atoms with Gasteiger partial charge in [-0.3, -0.25) is 18.7 Å². The van der Waals surface area contributed by atoms with Crippen LogP contribution in [0.2, 0.25) is 5.02 Å². The van der Waals surface area contributed by atoms with Crippen molar-refractivity contribution in [3.05, 3.63) is 55.2 Å². The van der Waals surface area contributed by atoms with Crippen LogP contribution in [0.15, 0.2) is 27.8 Å². The number of nitrogens with one attached hydrogen (secondary N) is 1. The minimum atomic E-state index is -4.70. The Morgan fingerprint density at radius 3 is 2.45 bits per heavy atom. The zero-order chi connectivity index (χ0) is 22.1. The summed E-state index contributed by atoms with van der Waals surface area (Å²) in [4.78, 5) is 37.7. The van der Waals surface area contributed by atoms with Crippen LogP contribution in [0.4, 0.5) is 24.7 Å². The average Bonchev–Trinajstić information content (AvgIpc) is 2.63. The lowest BCUT2D eigenvalue weighted by Crippen LogP contribution is -2.43. The Kier molecular flexibility index (Phi) is 6.08. The van der Waals surface area contributed by atoms with E-state index in [1.165, 1.54) is 32.1 Å². The first-order chi connectivity index (χ1) is 13.4. The molecule has 0 atom stereocenters. The lowest BCUT2D eigenvalue weighted by Gasteiger charge is -2.22. The fraction of sp³-hybridized carbons (Fsp3) is 0.294. The van der Waals surface area contributed by atoms with E-state index < -0.39 is 40.5 Å². The third-order valence-corrected chi connectivity index (χ3v) is 4.37. The molecule has 0 fully saturated rings. The van der Waals surface area contributed by atoms with Gasteiger partial charge in [-0.15, -0.1) is 0 Å². The Morgan fingerprint density at radius 2 is 1.90 bits per heavy atom. The summed E-state index contributed by atoms with van der Waals surface area (Å²) in [6.45, 7) is -0.445. The third-order valence-electron chi connectivity index (χ3n) is 4.04. The molecule has 154 valence electrons. The molecule has 2 aromatic rings. The summed E-state index contributed by atoms with van der Waals surface area (Å²) in [5.74, 6) is -0.831. The number of anilines is 2. The Balaban J connectivity index is 2.31. The van der Waals surface area contributed by atoms with Gasteiger partial charge in [0.1, 0.15) is 11.9 Å². The Morgan fingerprint density at radius 1 is 1.28 bits per heavy atom. The summed E-state index contributed by atoms with van der Waals surface area (Å²) in [5.41, 5.74) is -3.13. The highest BCUT2D eigenvalue weighted by molar-refractivity contribution is 6.31. The second kappa shape index (κ2) is 8.00. The maximum absolute atomic E-state index is 12.9. The van der Waals surface area contributed by atoms with Gasteiger partial charge < -0.3 is 10.2 Å². The van der Waals surface area contributed by atoms with Crippen molar-refractivity contribution in [2.75, 3.05) is 23.8 Å². The van der Waals surface area contributed by atoms with E-state index in [9.17, 15) is 32.8 Å². The van der Waals surface area contributed by atoms with E-state index in [-0.39, 0.29) is 17.1 Å². The molecule has 0 unspecified atom stereocenters. The van der Waals surface area contributed by atoms with Crippen molar-refractivity contribution >= 4 is 29.0 Å². The monoisotopic (exact) mass is 429 g/mol. The number of amides is 1. The minimum Gasteiger partial charge on any atom is -0.350 e. The average molecular weight is 430 g/mol. The van der Waals surface area contributed by atoms with Crippen molar-refractivity contribution in [2.45, 2.75) is 6.18 Å². The molecule has 0 aliphatic rings. The fourth-order valence-corrected chi connectivity index (χ4v) is 2.91. The van der Waals surface area contributed by atoms with E-state index in [1.54, 1.807) is 6.07 Å². The van der Waals surface area contributed by atoms with Crippen LogP contribution >= 0.6 is 11.6 Å². The van der Waals surface area contributed by atoms with Gasteiger partial charge in [-0.05, 0) is 18.2 Å². The Bertz CT molecular complexity index is 1130. The first-order valence-corrected chi connectivity index (χ1v) is 8.34. The molecule has 0 aliphatic heterocycles. The largest absolute Gasteiger partial charge is 0.417 e. The molecule has 0 spiro atoms. The van der Waals surface area contributed by atoms with Crippen LogP contribution in [0.1, 0.15) is 11.1 Å². The van der Waals surface area contributed by atoms with Gasteiger partial charge in [-0.1, -0.05) is 11.6 Å². The lowest BCUT2D eigenvalue weighted by atomic mass is 10.2. The molecule has 0 saturated carbocycles. The number of nitrogens with zero attached hydrogens (tertiary/aromatic N) is 4. The van der Waals surface area contributed by atoms with Gasteiger partial charge >= 0.3 is 11.9 Å². The summed E-state index contributed by atoms with van der Waals surface area (Å²) in [6, 6.07) is 4.59. The summed E-state index contributed by atoms with van der Waals surface area (Å²) < 4.78 is 40.6. The second-order valence-corrected chi connectivity index (χ2v) is 6.52. The van der Waals surface area contributed by atoms with Crippen molar-refractivity contribution in [2.24, 2.45) is 14.1 Å². The fourth-order valence-electron chi connectivity index (χ4n) is 2.69. The molecule has 29 heavy (non-hydrogen) atoms. The van der Waals surface area contributed by atoms with Gasteiger partial charge in [-0.25, -0.2) is 4.79 Å². The lowest BCUT2D eigenvalue weighted by molar-refractivity contribution is -0.137. The molecule has 2 rings (SSSR count). The van der Waals surface area contributed by atoms with Gasteiger partial charge in [0.05, 0.1) is 17.1 Å². The van der Waals surface area contributed by atoms with E-state index in [1.807, 2.05) is 0 Å². The maximum atomic E-state index is 12.9. The number of rotatable bonds is 4. The van der Waals surface area contributed by atoms with Crippen LogP contribution in [-0.2, 0) is 25.1 Å². The third kappa shape index (κ3) is 4.43. The normalized spacial score (nSPS) is 11.1. The standard InChI is InChI=1S/C17H15ClF3N5O3/c1-24(14-10(7-22)15(28)26(3)16(29)25(14)2)8-13(27)23-9-4-5-12(18)11(6-9)17(19,20)21/h4-6H,8H2,1-3H3,(H,23,27). The van der Waals surface area contributed by atoms with Gasteiger partial charge in [0.25, 0.3) is 5.56 Å². The Hall–Kier alpha value is -3.26. The molecule has 1 heterocycles. The molecule has 1 amide bonds. The quantitative estimate of drug-likeness (QED) is 0.797. The number of benzene rings is 1. The molecule has 1 aromatic carbocycles. The SMILES string of the molecule is CN(CC(=O)Nc1ccc(Cl)c(C(F)(F)F)c1)c1c(C#N)c(=O)n(C)c(=O)n1C.